The number of carbonyl (C=O) groups is 1. The molecule has 5 nitrogen and oxygen atoms in total. The minimum Gasteiger partial charge on any atom is -0.293 e. The Morgan fingerprint density at radius 2 is 2.22 bits per heavy atom. The Bertz CT molecular complexity index is 858. The van der Waals surface area contributed by atoms with E-state index in [0.29, 0.717) is 27.4 Å². The van der Waals surface area contributed by atoms with Crippen LogP contribution in [0.2, 0.25) is 10.0 Å². The highest BCUT2D eigenvalue weighted by atomic mass is 35.5. The molecular formula is C15H14Cl2N4OS. The van der Waals surface area contributed by atoms with Crippen molar-refractivity contribution in [3.63, 3.8) is 0 Å². The minimum atomic E-state index is -0.0730. The van der Waals surface area contributed by atoms with Gasteiger partial charge >= 0.3 is 0 Å². The van der Waals surface area contributed by atoms with Gasteiger partial charge in [-0.3, -0.25) is 10.1 Å². The molecule has 0 spiro atoms. The third-order valence-corrected chi connectivity index (χ3v) is 4.66. The van der Waals surface area contributed by atoms with Crippen molar-refractivity contribution >= 4 is 51.4 Å². The van der Waals surface area contributed by atoms with Crippen LogP contribution in [-0.4, -0.2) is 20.5 Å². The van der Waals surface area contributed by atoms with Crippen LogP contribution in [0.1, 0.15) is 26.2 Å². The maximum atomic E-state index is 11.8. The van der Waals surface area contributed by atoms with Gasteiger partial charge in [-0.25, -0.2) is 4.52 Å². The van der Waals surface area contributed by atoms with Crippen molar-refractivity contribution in [1.82, 2.24) is 14.6 Å². The van der Waals surface area contributed by atoms with Gasteiger partial charge < -0.3 is 0 Å². The molecule has 1 N–H and O–H groups in total. The second kappa shape index (κ2) is 6.86. The Hall–Kier alpha value is -1.63. The van der Waals surface area contributed by atoms with Crippen molar-refractivity contribution in [1.29, 1.82) is 0 Å². The molecule has 3 aromatic rings. The van der Waals surface area contributed by atoms with Crippen LogP contribution in [-0.2, 0) is 4.79 Å². The van der Waals surface area contributed by atoms with Gasteiger partial charge in [0.05, 0.1) is 10.7 Å². The molecule has 0 atom stereocenters. The second-order valence-corrected chi connectivity index (χ2v) is 6.71. The van der Waals surface area contributed by atoms with Crippen molar-refractivity contribution in [3.8, 4) is 11.3 Å². The fourth-order valence-electron chi connectivity index (χ4n) is 2.14. The second-order valence-electron chi connectivity index (χ2n) is 5.03. The molecular weight excluding hydrogens is 355 g/mol. The van der Waals surface area contributed by atoms with Gasteiger partial charge in [-0.1, -0.05) is 36.5 Å². The lowest BCUT2D eigenvalue weighted by atomic mass is 10.2. The molecule has 0 aliphatic carbocycles. The van der Waals surface area contributed by atoms with Gasteiger partial charge in [-0.05, 0) is 24.6 Å². The molecule has 0 bridgehead atoms. The van der Waals surface area contributed by atoms with E-state index in [2.05, 4.69) is 15.4 Å². The third-order valence-electron chi connectivity index (χ3n) is 3.30. The van der Waals surface area contributed by atoms with E-state index in [9.17, 15) is 4.79 Å². The number of anilines is 1. The molecule has 2 aromatic heterocycles. The predicted molar refractivity (Wildman–Crippen MR) is 94.5 cm³/mol. The summed E-state index contributed by atoms with van der Waals surface area (Å²) in [6.45, 7) is 2.04. The molecule has 1 amide bonds. The summed E-state index contributed by atoms with van der Waals surface area (Å²) in [4.78, 5) is 16.8. The fraction of sp³-hybridized carbons (Fsp3) is 0.267. The Kier molecular flexibility index (Phi) is 4.84. The number of hydrogen-bond donors (Lipinski definition) is 1. The van der Waals surface area contributed by atoms with Gasteiger partial charge in [0.25, 0.3) is 0 Å². The number of halogens is 2. The zero-order chi connectivity index (χ0) is 16.4. The highest BCUT2D eigenvalue weighted by molar-refractivity contribution is 7.15. The maximum absolute atomic E-state index is 11.8. The summed E-state index contributed by atoms with van der Waals surface area (Å²) in [5.74, 6) is 0.237. The Morgan fingerprint density at radius 1 is 1.39 bits per heavy atom. The minimum absolute atomic E-state index is 0.0730. The number of thiazole rings is 1. The van der Waals surface area contributed by atoms with E-state index in [4.69, 9.17) is 23.2 Å². The highest BCUT2D eigenvalue weighted by Gasteiger charge is 2.15. The van der Waals surface area contributed by atoms with Crippen molar-refractivity contribution in [2.75, 3.05) is 5.32 Å². The number of rotatable bonds is 5. The normalized spacial score (nSPS) is 11.1. The number of unbranched alkanes of at least 4 members (excludes halogenated alkanes) is 1. The van der Waals surface area contributed by atoms with E-state index in [1.807, 2.05) is 18.4 Å². The van der Waals surface area contributed by atoms with E-state index in [1.54, 1.807) is 16.6 Å². The average Bonchev–Trinajstić information content (AvgIpc) is 3.05. The Balaban J connectivity index is 1.90. The monoisotopic (exact) mass is 368 g/mol. The summed E-state index contributed by atoms with van der Waals surface area (Å²) in [5.41, 5.74) is 1.63. The van der Waals surface area contributed by atoms with E-state index < -0.39 is 0 Å². The molecule has 8 heteroatoms. The molecule has 0 radical (unpaired) electrons. The van der Waals surface area contributed by atoms with Gasteiger partial charge in [-0.15, -0.1) is 16.4 Å². The van der Waals surface area contributed by atoms with Crippen molar-refractivity contribution in [2.24, 2.45) is 0 Å². The summed E-state index contributed by atoms with van der Waals surface area (Å²) in [6.07, 6.45) is 2.29. The predicted octanol–water partition coefficient (Wildman–Crippen LogP) is 4.89. The quantitative estimate of drug-likeness (QED) is 0.696. The molecule has 1 aromatic carbocycles. The Morgan fingerprint density at radius 3 is 2.96 bits per heavy atom. The van der Waals surface area contributed by atoms with Gasteiger partial charge in [0.2, 0.25) is 16.8 Å². The molecule has 0 saturated heterocycles. The van der Waals surface area contributed by atoms with Crippen LogP contribution in [0.15, 0.2) is 23.6 Å². The lowest BCUT2D eigenvalue weighted by Crippen LogP contribution is -2.12. The van der Waals surface area contributed by atoms with Crippen LogP contribution >= 0.6 is 34.5 Å². The van der Waals surface area contributed by atoms with E-state index in [1.165, 1.54) is 11.3 Å². The molecule has 0 unspecified atom stereocenters. The summed E-state index contributed by atoms with van der Waals surface area (Å²) in [6, 6.07) is 5.30. The van der Waals surface area contributed by atoms with E-state index >= 15 is 0 Å². The zero-order valence-electron chi connectivity index (χ0n) is 12.3. The molecule has 2 heterocycles. The number of hydrogen-bond acceptors (Lipinski definition) is 4. The topological polar surface area (TPSA) is 59.3 Å². The van der Waals surface area contributed by atoms with Crippen LogP contribution in [0.4, 0.5) is 5.95 Å². The van der Waals surface area contributed by atoms with Crippen molar-refractivity contribution in [2.45, 2.75) is 26.2 Å². The van der Waals surface area contributed by atoms with E-state index in [-0.39, 0.29) is 5.91 Å². The number of carbonyl (C=O) groups excluding carboxylic acids is 1. The first-order valence-electron chi connectivity index (χ1n) is 7.18. The molecule has 120 valence electrons. The first-order valence-corrected chi connectivity index (χ1v) is 8.81. The van der Waals surface area contributed by atoms with Gasteiger partial charge in [-0.2, -0.15) is 4.98 Å². The summed E-state index contributed by atoms with van der Waals surface area (Å²) >= 11 is 13.6. The van der Waals surface area contributed by atoms with Gasteiger partial charge in [0.1, 0.15) is 0 Å². The SMILES string of the molecule is CCCCC(=O)Nc1nc2scc(-c3ccc(Cl)cc3Cl)n2n1. The van der Waals surface area contributed by atoms with Crippen LogP contribution in [0.25, 0.3) is 16.2 Å². The fourth-order valence-corrected chi connectivity index (χ4v) is 3.47. The molecule has 0 aliphatic heterocycles. The highest BCUT2D eigenvalue weighted by Crippen LogP contribution is 2.33. The number of nitrogens with one attached hydrogen (secondary N) is 1. The average molecular weight is 369 g/mol. The molecule has 0 saturated carbocycles. The van der Waals surface area contributed by atoms with Crippen LogP contribution < -0.4 is 5.32 Å². The Labute approximate surface area is 147 Å². The smallest absolute Gasteiger partial charge is 0.250 e. The summed E-state index contributed by atoms with van der Waals surface area (Å²) in [7, 11) is 0. The summed E-state index contributed by atoms with van der Waals surface area (Å²) in [5, 5.41) is 10.1. The zero-order valence-corrected chi connectivity index (χ0v) is 14.7. The molecule has 23 heavy (non-hydrogen) atoms. The first kappa shape index (κ1) is 16.2. The molecule has 3 rings (SSSR count). The van der Waals surface area contributed by atoms with Crippen LogP contribution in [0, 0.1) is 0 Å². The summed E-state index contributed by atoms with van der Waals surface area (Å²) < 4.78 is 1.68. The van der Waals surface area contributed by atoms with Crippen LogP contribution in [0.5, 0.6) is 0 Å². The standard InChI is InChI=1S/C15H14Cl2N4OS/c1-2-3-4-13(22)18-14-19-15-21(20-14)12(8-23-15)10-6-5-9(16)7-11(10)17/h5-8H,2-4H2,1H3,(H,18,20,22). The maximum Gasteiger partial charge on any atom is 0.250 e. The number of fused-ring (bicyclic) bond motifs is 1. The largest absolute Gasteiger partial charge is 0.293 e. The molecule has 0 aliphatic rings. The third kappa shape index (κ3) is 3.49. The lowest BCUT2D eigenvalue weighted by Gasteiger charge is -2.03. The van der Waals surface area contributed by atoms with Gasteiger partial charge in [0.15, 0.2) is 0 Å². The van der Waals surface area contributed by atoms with E-state index in [0.717, 1.165) is 24.1 Å². The lowest BCUT2D eigenvalue weighted by molar-refractivity contribution is -0.116. The van der Waals surface area contributed by atoms with Crippen molar-refractivity contribution in [3.05, 3.63) is 33.6 Å². The number of benzene rings is 1. The first-order chi connectivity index (χ1) is 11.1. The number of aromatic nitrogens is 3. The van der Waals surface area contributed by atoms with Crippen molar-refractivity contribution < 1.29 is 4.79 Å². The number of nitrogens with zero attached hydrogens (tertiary/aromatic N) is 3. The van der Waals surface area contributed by atoms with Gasteiger partial charge in [0, 0.05) is 22.4 Å². The molecule has 0 fully saturated rings. The van der Waals surface area contributed by atoms with Crippen LogP contribution in [0.3, 0.4) is 0 Å². The number of amides is 1.